The van der Waals surface area contributed by atoms with E-state index in [1.807, 2.05) is 12.1 Å². The summed E-state index contributed by atoms with van der Waals surface area (Å²) in [4.78, 5) is 22.3. The number of thiazole rings is 1. The van der Waals surface area contributed by atoms with Crippen LogP contribution in [-0.4, -0.2) is 56.2 Å². The van der Waals surface area contributed by atoms with E-state index < -0.39 is 0 Å². The smallest absolute Gasteiger partial charge is 0.225 e. The Hall–Kier alpha value is -2.02. The van der Waals surface area contributed by atoms with Crippen LogP contribution < -0.4 is 14.4 Å². The summed E-state index contributed by atoms with van der Waals surface area (Å²) in [6.45, 7) is 5.46. The van der Waals surface area contributed by atoms with Gasteiger partial charge in [-0.3, -0.25) is 4.79 Å². The number of ether oxygens (including phenoxy) is 2. The van der Waals surface area contributed by atoms with Crippen molar-refractivity contribution in [1.82, 2.24) is 9.88 Å². The second-order valence-electron chi connectivity index (χ2n) is 8.82. The number of methoxy groups -OCH3 is 2. The average Bonchev–Trinajstić information content (AvgIpc) is 3.28. The number of anilines is 1. The number of hydrogen-bond acceptors (Lipinski definition) is 6. The average molecular weight is 446 g/mol. The van der Waals surface area contributed by atoms with Gasteiger partial charge in [0.2, 0.25) is 5.91 Å². The molecule has 1 amide bonds. The quantitative estimate of drug-likeness (QED) is 0.603. The second kappa shape index (κ2) is 10.1. The number of carbonyl (C=O) groups is 1. The van der Waals surface area contributed by atoms with Gasteiger partial charge in [-0.05, 0) is 43.7 Å². The number of aromatic nitrogens is 1. The highest BCUT2D eigenvalue weighted by molar-refractivity contribution is 7.22. The molecule has 1 aliphatic heterocycles. The van der Waals surface area contributed by atoms with Crippen LogP contribution in [0.1, 0.15) is 51.9 Å². The predicted octanol–water partition coefficient (Wildman–Crippen LogP) is 4.96. The van der Waals surface area contributed by atoms with Crippen LogP contribution in [0.4, 0.5) is 5.13 Å². The van der Waals surface area contributed by atoms with Crippen molar-refractivity contribution in [3.05, 3.63) is 12.1 Å². The highest BCUT2D eigenvalue weighted by Crippen LogP contribution is 2.40. The van der Waals surface area contributed by atoms with Crippen molar-refractivity contribution in [2.24, 2.45) is 11.8 Å². The maximum Gasteiger partial charge on any atom is 0.225 e. The number of piperazine rings is 1. The van der Waals surface area contributed by atoms with Crippen LogP contribution in [0.3, 0.4) is 0 Å². The topological polar surface area (TPSA) is 54.9 Å². The molecule has 0 spiro atoms. The Balaban J connectivity index is 1.35. The summed E-state index contributed by atoms with van der Waals surface area (Å²) in [7, 11) is 3.35. The zero-order chi connectivity index (χ0) is 21.8. The molecule has 170 valence electrons. The number of amides is 1. The van der Waals surface area contributed by atoms with Gasteiger partial charge >= 0.3 is 0 Å². The van der Waals surface area contributed by atoms with E-state index >= 15 is 0 Å². The van der Waals surface area contributed by atoms with Gasteiger partial charge in [0.25, 0.3) is 0 Å². The highest BCUT2D eigenvalue weighted by Gasteiger charge is 2.31. The SMILES string of the molecule is CCCCC1CCC(C(=O)N2CCN(c3nc4c(OC)ccc(OC)c4s3)CC2)CC1. The Morgan fingerprint density at radius 2 is 1.74 bits per heavy atom. The van der Waals surface area contributed by atoms with Crippen molar-refractivity contribution in [1.29, 1.82) is 0 Å². The molecule has 2 aromatic rings. The normalized spacial score (nSPS) is 22.0. The number of benzene rings is 1. The Morgan fingerprint density at radius 3 is 2.39 bits per heavy atom. The van der Waals surface area contributed by atoms with Gasteiger partial charge in [-0.25, -0.2) is 4.98 Å². The number of rotatable bonds is 7. The molecule has 1 aromatic heterocycles. The van der Waals surface area contributed by atoms with E-state index in [1.54, 1.807) is 25.6 Å². The second-order valence-corrected chi connectivity index (χ2v) is 9.79. The van der Waals surface area contributed by atoms with Crippen molar-refractivity contribution in [3.63, 3.8) is 0 Å². The number of hydrogen-bond donors (Lipinski definition) is 0. The van der Waals surface area contributed by atoms with Crippen LogP contribution in [0.25, 0.3) is 10.2 Å². The first-order valence-electron chi connectivity index (χ1n) is 11.7. The Kier molecular flexibility index (Phi) is 7.20. The van der Waals surface area contributed by atoms with Crippen LogP contribution in [0.2, 0.25) is 0 Å². The highest BCUT2D eigenvalue weighted by atomic mass is 32.1. The lowest BCUT2D eigenvalue weighted by molar-refractivity contribution is -0.137. The molecule has 1 saturated heterocycles. The first-order valence-corrected chi connectivity index (χ1v) is 12.5. The first kappa shape index (κ1) is 22.2. The summed E-state index contributed by atoms with van der Waals surface area (Å²) >= 11 is 1.64. The molecule has 0 radical (unpaired) electrons. The Labute approximate surface area is 189 Å². The zero-order valence-corrected chi connectivity index (χ0v) is 19.9. The van der Waals surface area contributed by atoms with Gasteiger partial charge in [-0.15, -0.1) is 0 Å². The molecule has 0 atom stereocenters. The molecule has 6 nitrogen and oxygen atoms in total. The summed E-state index contributed by atoms with van der Waals surface area (Å²) < 4.78 is 12.0. The third-order valence-electron chi connectivity index (χ3n) is 6.92. The van der Waals surface area contributed by atoms with Crippen LogP contribution >= 0.6 is 11.3 Å². The predicted molar refractivity (Wildman–Crippen MR) is 126 cm³/mol. The molecule has 2 aliphatic rings. The fourth-order valence-corrected chi connectivity index (χ4v) is 6.10. The molecule has 1 aromatic carbocycles. The summed E-state index contributed by atoms with van der Waals surface area (Å²) in [6.07, 6.45) is 8.55. The molecule has 0 unspecified atom stereocenters. The van der Waals surface area contributed by atoms with Gasteiger partial charge in [-0.2, -0.15) is 0 Å². The number of carbonyl (C=O) groups excluding carboxylic acids is 1. The van der Waals surface area contributed by atoms with Crippen molar-refractivity contribution in [2.75, 3.05) is 45.3 Å². The van der Waals surface area contributed by atoms with Crippen LogP contribution in [-0.2, 0) is 4.79 Å². The minimum Gasteiger partial charge on any atom is -0.495 e. The fourth-order valence-electron chi connectivity index (χ4n) is 4.98. The molecule has 0 bridgehead atoms. The maximum atomic E-state index is 13.1. The van der Waals surface area contributed by atoms with Gasteiger partial charge in [0.15, 0.2) is 5.13 Å². The van der Waals surface area contributed by atoms with Gasteiger partial charge in [-0.1, -0.05) is 37.5 Å². The molecule has 0 N–H and O–H groups in total. The zero-order valence-electron chi connectivity index (χ0n) is 19.1. The largest absolute Gasteiger partial charge is 0.495 e. The van der Waals surface area contributed by atoms with E-state index in [2.05, 4.69) is 16.7 Å². The standard InChI is InChI=1S/C24H35N3O3S/c1-4-5-6-17-7-9-18(10-8-17)23(28)26-13-15-27(16-14-26)24-25-21-19(29-2)11-12-20(30-3)22(21)31-24/h11-12,17-18H,4-10,13-16H2,1-3H3. The lowest BCUT2D eigenvalue weighted by atomic mass is 9.79. The Morgan fingerprint density at radius 1 is 1.06 bits per heavy atom. The summed E-state index contributed by atoms with van der Waals surface area (Å²) in [5.74, 6) is 3.04. The number of nitrogens with zero attached hydrogens (tertiary/aromatic N) is 3. The van der Waals surface area contributed by atoms with Gasteiger partial charge < -0.3 is 19.3 Å². The third-order valence-corrected chi connectivity index (χ3v) is 8.05. The molecule has 7 heteroatoms. The van der Waals surface area contributed by atoms with E-state index in [1.165, 1.54) is 32.1 Å². The minimum absolute atomic E-state index is 0.236. The van der Waals surface area contributed by atoms with E-state index in [-0.39, 0.29) is 5.92 Å². The van der Waals surface area contributed by atoms with E-state index in [0.717, 1.165) is 71.8 Å². The van der Waals surface area contributed by atoms with Crippen LogP contribution in [0.5, 0.6) is 11.5 Å². The summed E-state index contributed by atoms with van der Waals surface area (Å²) in [5.41, 5.74) is 0.847. The molecular weight excluding hydrogens is 410 g/mol. The lowest BCUT2D eigenvalue weighted by Crippen LogP contribution is -2.50. The van der Waals surface area contributed by atoms with E-state index in [0.29, 0.717) is 5.91 Å². The molecule has 1 aliphatic carbocycles. The maximum absolute atomic E-state index is 13.1. The van der Waals surface area contributed by atoms with E-state index in [4.69, 9.17) is 14.5 Å². The Bertz CT molecular complexity index is 843. The molecule has 2 heterocycles. The van der Waals surface area contributed by atoms with Crippen molar-refractivity contribution >= 4 is 32.6 Å². The van der Waals surface area contributed by atoms with Crippen molar-refractivity contribution < 1.29 is 14.3 Å². The first-order chi connectivity index (χ1) is 15.1. The summed E-state index contributed by atoms with van der Waals surface area (Å²) in [5, 5.41) is 0.973. The van der Waals surface area contributed by atoms with Crippen LogP contribution in [0, 0.1) is 11.8 Å². The van der Waals surface area contributed by atoms with Gasteiger partial charge in [0.05, 0.1) is 14.2 Å². The third kappa shape index (κ3) is 4.76. The van der Waals surface area contributed by atoms with E-state index in [9.17, 15) is 4.79 Å². The number of unbranched alkanes of at least 4 members (excludes halogenated alkanes) is 1. The van der Waals surface area contributed by atoms with Crippen LogP contribution in [0.15, 0.2) is 12.1 Å². The lowest BCUT2D eigenvalue weighted by Gasteiger charge is -2.37. The summed E-state index contributed by atoms with van der Waals surface area (Å²) in [6, 6.07) is 3.83. The van der Waals surface area contributed by atoms with Crippen molar-refractivity contribution in [3.8, 4) is 11.5 Å². The number of fused-ring (bicyclic) bond motifs is 1. The van der Waals surface area contributed by atoms with Gasteiger partial charge in [0.1, 0.15) is 21.7 Å². The minimum atomic E-state index is 0.236. The molecule has 1 saturated carbocycles. The van der Waals surface area contributed by atoms with Gasteiger partial charge in [0, 0.05) is 32.1 Å². The van der Waals surface area contributed by atoms with Crippen molar-refractivity contribution in [2.45, 2.75) is 51.9 Å². The molecule has 31 heavy (non-hydrogen) atoms. The monoisotopic (exact) mass is 445 g/mol. The molecule has 2 fully saturated rings. The fraction of sp³-hybridized carbons (Fsp3) is 0.667. The molecule has 4 rings (SSSR count). The molecular formula is C24H35N3O3S.